The van der Waals surface area contributed by atoms with Gasteiger partial charge in [-0.2, -0.15) is 0 Å². The van der Waals surface area contributed by atoms with Crippen molar-refractivity contribution < 1.29 is 24.2 Å². The topological polar surface area (TPSA) is 72.8 Å². The van der Waals surface area contributed by atoms with Gasteiger partial charge in [-0.15, -0.1) is 0 Å². The van der Waals surface area contributed by atoms with Crippen molar-refractivity contribution in [2.24, 2.45) is 0 Å². The Bertz CT molecular complexity index is 975. The Balaban J connectivity index is 2.30. The summed E-state index contributed by atoms with van der Waals surface area (Å²) in [6.45, 7) is 0. The van der Waals surface area contributed by atoms with Crippen LogP contribution in [-0.4, -0.2) is 31.3 Å². The number of methoxy groups -OCH3 is 2. The van der Waals surface area contributed by atoms with Crippen LogP contribution in [0.3, 0.4) is 0 Å². The zero-order valence-electron chi connectivity index (χ0n) is 13.8. The Morgan fingerprint density at radius 2 is 1.44 bits per heavy atom. The van der Waals surface area contributed by atoms with Crippen molar-refractivity contribution in [3.63, 3.8) is 0 Å². The fourth-order valence-corrected chi connectivity index (χ4v) is 2.81. The molecule has 0 radical (unpaired) electrons. The van der Waals surface area contributed by atoms with Crippen LogP contribution in [0.4, 0.5) is 0 Å². The highest BCUT2D eigenvalue weighted by atomic mass is 16.5. The van der Waals surface area contributed by atoms with E-state index in [2.05, 4.69) is 0 Å². The predicted molar refractivity (Wildman–Crippen MR) is 93.7 cm³/mol. The van der Waals surface area contributed by atoms with Gasteiger partial charge in [-0.05, 0) is 40.1 Å². The number of hydrogen-bond acceptors (Lipinski definition) is 5. The summed E-state index contributed by atoms with van der Waals surface area (Å²) < 4.78 is 9.53. The van der Waals surface area contributed by atoms with Crippen LogP contribution in [-0.2, 0) is 9.47 Å². The van der Waals surface area contributed by atoms with E-state index in [9.17, 15) is 14.7 Å². The first-order chi connectivity index (χ1) is 12.1. The molecule has 1 N–H and O–H groups in total. The average molecular weight is 336 g/mol. The molecule has 0 heterocycles. The lowest BCUT2D eigenvalue weighted by Gasteiger charge is -2.14. The molecule has 5 heteroatoms. The van der Waals surface area contributed by atoms with Crippen LogP contribution in [0.5, 0.6) is 5.75 Å². The van der Waals surface area contributed by atoms with Crippen LogP contribution in [0.1, 0.15) is 20.7 Å². The van der Waals surface area contributed by atoms with Crippen molar-refractivity contribution in [1.82, 2.24) is 0 Å². The number of phenols is 1. The van der Waals surface area contributed by atoms with Gasteiger partial charge in [0.15, 0.2) is 0 Å². The first-order valence-electron chi connectivity index (χ1n) is 7.58. The molecule has 3 aromatic carbocycles. The molecule has 0 aliphatic carbocycles. The third-order valence-electron chi connectivity index (χ3n) is 4.02. The number of carbonyl (C=O) groups is 2. The van der Waals surface area contributed by atoms with Gasteiger partial charge in [-0.3, -0.25) is 0 Å². The van der Waals surface area contributed by atoms with Crippen LogP contribution in [0, 0.1) is 0 Å². The summed E-state index contributed by atoms with van der Waals surface area (Å²) in [7, 11) is 2.41. The van der Waals surface area contributed by atoms with Crippen LogP contribution < -0.4 is 0 Å². The summed E-state index contributed by atoms with van der Waals surface area (Å²) in [4.78, 5) is 24.4. The molecule has 0 spiro atoms. The minimum absolute atomic E-state index is 0.0235. The van der Waals surface area contributed by atoms with E-state index in [4.69, 9.17) is 9.47 Å². The third-order valence-corrected chi connectivity index (χ3v) is 4.02. The standard InChI is InChI=1S/C20H16O5/c1-24-19(22)17-15(9-10-16(21)18(17)20(23)25-2)14-8-7-12-5-3-4-6-13(12)11-14/h3-11,21H,1-2H3. The Hall–Kier alpha value is -3.34. The van der Waals surface area contributed by atoms with Crippen molar-refractivity contribution >= 4 is 22.7 Å². The van der Waals surface area contributed by atoms with E-state index < -0.39 is 11.9 Å². The quantitative estimate of drug-likeness (QED) is 0.737. The Kier molecular flexibility index (Phi) is 4.39. The summed E-state index contributed by atoms with van der Waals surface area (Å²) in [6, 6.07) is 16.4. The molecule has 0 saturated carbocycles. The molecule has 0 aliphatic rings. The van der Waals surface area contributed by atoms with E-state index in [1.165, 1.54) is 20.3 Å². The molecular weight excluding hydrogens is 320 g/mol. The lowest BCUT2D eigenvalue weighted by atomic mass is 9.93. The molecule has 126 valence electrons. The molecule has 0 unspecified atom stereocenters. The maximum Gasteiger partial charge on any atom is 0.342 e. The second kappa shape index (κ2) is 6.65. The number of fused-ring (bicyclic) bond motifs is 1. The molecule has 0 bridgehead atoms. The molecule has 0 aromatic heterocycles. The fourth-order valence-electron chi connectivity index (χ4n) is 2.81. The number of ether oxygens (including phenoxy) is 2. The van der Waals surface area contributed by atoms with Gasteiger partial charge < -0.3 is 14.6 Å². The molecule has 0 saturated heterocycles. The molecule has 3 rings (SSSR count). The summed E-state index contributed by atoms with van der Waals surface area (Å²) in [5.74, 6) is -1.86. The molecular formula is C20H16O5. The van der Waals surface area contributed by atoms with Gasteiger partial charge in [0.1, 0.15) is 11.3 Å². The second-order valence-electron chi connectivity index (χ2n) is 5.43. The van der Waals surface area contributed by atoms with E-state index in [0.29, 0.717) is 5.56 Å². The smallest absolute Gasteiger partial charge is 0.342 e. The van der Waals surface area contributed by atoms with Crippen molar-refractivity contribution in [3.05, 3.63) is 65.7 Å². The highest BCUT2D eigenvalue weighted by molar-refractivity contribution is 6.09. The second-order valence-corrected chi connectivity index (χ2v) is 5.43. The van der Waals surface area contributed by atoms with E-state index >= 15 is 0 Å². The van der Waals surface area contributed by atoms with Gasteiger partial charge in [0, 0.05) is 0 Å². The molecule has 0 aliphatic heterocycles. The van der Waals surface area contributed by atoms with Crippen LogP contribution >= 0.6 is 0 Å². The maximum absolute atomic E-state index is 12.3. The largest absolute Gasteiger partial charge is 0.507 e. The number of carbonyl (C=O) groups excluding carboxylic acids is 2. The Labute approximate surface area is 144 Å². The van der Waals surface area contributed by atoms with Crippen LogP contribution in [0.2, 0.25) is 0 Å². The number of hydrogen-bond donors (Lipinski definition) is 1. The van der Waals surface area contributed by atoms with Gasteiger partial charge in [0.2, 0.25) is 0 Å². The SMILES string of the molecule is COC(=O)c1c(O)ccc(-c2ccc3ccccc3c2)c1C(=O)OC. The molecule has 3 aromatic rings. The van der Waals surface area contributed by atoms with Gasteiger partial charge in [-0.1, -0.05) is 36.4 Å². The van der Waals surface area contributed by atoms with E-state index in [0.717, 1.165) is 16.3 Å². The van der Waals surface area contributed by atoms with Gasteiger partial charge in [0.25, 0.3) is 0 Å². The van der Waals surface area contributed by atoms with Gasteiger partial charge in [-0.25, -0.2) is 9.59 Å². The van der Waals surface area contributed by atoms with E-state index in [1.807, 2.05) is 42.5 Å². The Morgan fingerprint density at radius 3 is 2.12 bits per heavy atom. The summed E-state index contributed by atoms with van der Waals surface area (Å²) in [5.41, 5.74) is 0.977. The van der Waals surface area contributed by atoms with Crippen LogP contribution in [0.15, 0.2) is 54.6 Å². The number of esters is 2. The number of aromatic hydroxyl groups is 1. The van der Waals surface area contributed by atoms with Crippen molar-refractivity contribution in [1.29, 1.82) is 0 Å². The predicted octanol–water partition coefficient (Wildman–Crippen LogP) is 3.79. The normalized spacial score (nSPS) is 10.5. The first kappa shape index (κ1) is 16.5. The number of phenolic OH excluding ortho intramolecular Hbond substituents is 1. The lowest BCUT2D eigenvalue weighted by Crippen LogP contribution is -2.13. The van der Waals surface area contributed by atoms with Crippen molar-refractivity contribution in [3.8, 4) is 16.9 Å². The summed E-state index contributed by atoms with van der Waals surface area (Å²) >= 11 is 0. The summed E-state index contributed by atoms with van der Waals surface area (Å²) in [5, 5.41) is 12.1. The summed E-state index contributed by atoms with van der Waals surface area (Å²) in [6.07, 6.45) is 0. The minimum atomic E-state index is -0.805. The van der Waals surface area contributed by atoms with Gasteiger partial charge >= 0.3 is 11.9 Å². The minimum Gasteiger partial charge on any atom is -0.507 e. The van der Waals surface area contributed by atoms with Crippen molar-refractivity contribution in [2.45, 2.75) is 0 Å². The molecule has 5 nitrogen and oxygen atoms in total. The molecule has 0 atom stereocenters. The third kappa shape index (κ3) is 2.92. The molecule has 25 heavy (non-hydrogen) atoms. The highest BCUT2D eigenvalue weighted by Crippen LogP contribution is 2.34. The van der Waals surface area contributed by atoms with Crippen LogP contribution in [0.25, 0.3) is 21.9 Å². The monoisotopic (exact) mass is 336 g/mol. The Morgan fingerprint density at radius 1 is 0.800 bits per heavy atom. The molecule has 0 fully saturated rings. The molecule has 0 amide bonds. The number of benzene rings is 3. The van der Waals surface area contributed by atoms with Crippen molar-refractivity contribution in [2.75, 3.05) is 14.2 Å². The number of rotatable bonds is 3. The van der Waals surface area contributed by atoms with Gasteiger partial charge in [0.05, 0.1) is 19.8 Å². The average Bonchev–Trinajstić information content (AvgIpc) is 2.66. The van der Waals surface area contributed by atoms with E-state index in [-0.39, 0.29) is 16.9 Å². The van der Waals surface area contributed by atoms with E-state index in [1.54, 1.807) is 6.07 Å². The highest BCUT2D eigenvalue weighted by Gasteiger charge is 2.26. The fraction of sp³-hybridized carbons (Fsp3) is 0.100. The zero-order chi connectivity index (χ0) is 18.0. The first-order valence-corrected chi connectivity index (χ1v) is 7.58. The maximum atomic E-state index is 12.3. The zero-order valence-corrected chi connectivity index (χ0v) is 13.8. The lowest BCUT2D eigenvalue weighted by molar-refractivity contribution is 0.0553.